The fourth-order valence-corrected chi connectivity index (χ4v) is 4.36. The van der Waals surface area contributed by atoms with Gasteiger partial charge < -0.3 is 37.4 Å². The number of nitrogens with one attached hydrogen (secondary N) is 3. The van der Waals surface area contributed by atoms with Gasteiger partial charge in [0.1, 0.15) is 11.5 Å². The number of furan rings is 1. The molecular formula is C28H33Cl2N7O5. The minimum Gasteiger partial charge on any atom is -0.478 e. The molecule has 0 radical (unpaired) electrons. The van der Waals surface area contributed by atoms with Gasteiger partial charge in [-0.25, -0.2) is 4.79 Å². The van der Waals surface area contributed by atoms with E-state index in [4.69, 9.17) is 44.8 Å². The number of carbonyl (C=O) groups excluding carboxylic acids is 2. The number of carboxylic acid groups (broad SMARTS) is 1. The number of nitrogens with zero attached hydrogens (tertiary/aromatic N) is 1. The van der Waals surface area contributed by atoms with Crippen LogP contribution in [0.5, 0.6) is 0 Å². The number of aromatic carboxylic acids is 1. The number of carboxylic acids is 1. The fraction of sp³-hybridized carbons (Fsp3) is 0.286. The van der Waals surface area contributed by atoms with E-state index in [1.165, 1.54) is 12.1 Å². The highest BCUT2D eigenvalue weighted by atomic mass is 35.5. The molecule has 2 atom stereocenters. The second kappa shape index (κ2) is 15.8. The summed E-state index contributed by atoms with van der Waals surface area (Å²) < 4.78 is 5.91. The second-order valence-corrected chi connectivity index (χ2v) is 10.1. The zero-order valence-corrected chi connectivity index (χ0v) is 24.1. The lowest BCUT2D eigenvalue weighted by Gasteiger charge is -2.20. The Morgan fingerprint density at radius 3 is 2.50 bits per heavy atom. The van der Waals surface area contributed by atoms with Crippen molar-refractivity contribution in [1.29, 1.82) is 0 Å². The maximum Gasteiger partial charge on any atom is 0.337 e. The number of para-hydroxylation sites is 1. The fourth-order valence-electron chi connectivity index (χ4n) is 3.97. The monoisotopic (exact) mass is 617 g/mol. The summed E-state index contributed by atoms with van der Waals surface area (Å²) in [6, 6.07) is 12.9. The number of guanidine groups is 1. The Hall–Kier alpha value is -4.10. The minimum absolute atomic E-state index is 0.0325. The van der Waals surface area contributed by atoms with Gasteiger partial charge >= 0.3 is 5.97 Å². The third-order valence-electron chi connectivity index (χ3n) is 6.15. The van der Waals surface area contributed by atoms with Crippen LogP contribution in [0, 0.1) is 0 Å². The molecule has 10 N–H and O–H groups in total. The first kappa shape index (κ1) is 32.4. The Labute approximate surface area is 252 Å². The van der Waals surface area contributed by atoms with Gasteiger partial charge in [-0.05, 0) is 61.7 Å². The van der Waals surface area contributed by atoms with Crippen molar-refractivity contribution in [3.05, 3.63) is 76.0 Å². The van der Waals surface area contributed by atoms with Crippen molar-refractivity contribution in [2.24, 2.45) is 22.2 Å². The molecule has 2 unspecified atom stereocenters. The van der Waals surface area contributed by atoms with E-state index in [2.05, 4.69) is 20.9 Å². The van der Waals surface area contributed by atoms with E-state index in [0.29, 0.717) is 46.5 Å². The highest BCUT2D eigenvalue weighted by Gasteiger charge is 2.22. The van der Waals surface area contributed by atoms with Crippen LogP contribution in [0.4, 0.5) is 5.69 Å². The van der Waals surface area contributed by atoms with Crippen molar-refractivity contribution < 1.29 is 23.9 Å². The summed E-state index contributed by atoms with van der Waals surface area (Å²) in [5.41, 5.74) is 17.3. The van der Waals surface area contributed by atoms with Crippen molar-refractivity contribution in [1.82, 2.24) is 10.6 Å². The molecule has 0 saturated heterocycles. The highest BCUT2D eigenvalue weighted by molar-refractivity contribution is 6.35. The standard InChI is InChI=1S/C28H33Cl2N7O5/c29-16-7-9-20(30)19(14-16)24-10-8-17(42-24)15-36-23(26(39)37-22-6-2-1-4-18(22)27(40)41)11-13-34-25(38)21(31)5-3-12-35-28(32)33/h1-2,4,6-10,14,21,23,36H,3,5,11-13,15,31H2,(H,34,38)(H,37,39)(H,40,41)(H4,32,33,35). The number of nitrogens with two attached hydrogens (primary N) is 3. The number of rotatable bonds is 15. The van der Waals surface area contributed by atoms with Crippen molar-refractivity contribution in [2.45, 2.75) is 37.9 Å². The van der Waals surface area contributed by atoms with Gasteiger partial charge in [-0.2, -0.15) is 0 Å². The predicted octanol–water partition coefficient (Wildman–Crippen LogP) is 2.94. The molecule has 2 amide bonds. The van der Waals surface area contributed by atoms with Gasteiger partial charge in [0.25, 0.3) is 0 Å². The number of benzene rings is 2. The van der Waals surface area contributed by atoms with Crippen molar-refractivity contribution >= 4 is 52.6 Å². The molecule has 0 bridgehead atoms. The molecule has 3 rings (SSSR count). The van der Waals surface area contributed by atoms with Gasteiger partial charge in [0.05, 0.1) is 34.9 Å². The van der Waals surface area contributed by atoms with Crippen LogP contribution in [-0.2, 0) is 16.1 Å². The number of amides is 2. The predicted molar refractivity (Wildman–Crippen MR) is 162 cm³/mol. The SMILES string of the molecule is NC(N)=NCCCC(N)C(=O)NCCC(NCc1ccc(-c2cc(Cl)ccc2Cl)o1)C(=O)Nc1ccccc1C(=O)O. The summed E-state index contributed by atoms with van der Waals surface area (Å²) >= 11 is 12.4. The lowest BCUT2D eigenvalue weighted by molar-refractivity contribution is -0.123. The summed E-state index contributed by atoms with van der Waals surface area (Å²) in [4.78, 5) is 41.2. The average molecular weight is 619 g/mol. The first-order chi connectivity index (χ1) is 20.0. The Kier molecular flexibility index (Phi) is 12.2. The van der Waals surface area contributed by atoms with Crippen LogP contribution in [0.2, 0.25) is 10.0 Å². The van der Waals surface area contributed by atoms with Gasteiger partial charge in [0, 0.05) is 23.7 Å². The summed E-state index contributed by atoms with van der Waals surface area (Å²) in [6.45, 7) is 0.619. The molecule has 3 aromatic rings. The largest absolute Gasteiger partial charge is 0.478 e. The highest BCUT2D eigenvalue weighted by Crippen LogP contribution is 2.31. The summed E-state index contributed by atoms with van der Waals surface area (Å²) in [5.74, 6) is -1.09. The van der Waals surface area contributed by atoms with E-state index >= 15 is 0 Å². The lowest BCUT2D eigenvalue weighted by atomic mass is 10.1. The number of carbonyl (C=O) groups is 3. The normalized spacial score (nSPS) is 12.3. The number of halogens is 2. The zero-order valence-electron chi connectivity index (χ0n) is 22.6. The third-order valence-corrected chi connectivity index (χ3v) is 6.71. The molecule has 0 saturated carbocycles. The zero-order chi connectivity index (χ0) is 30.6. The molecule has 0 aliphatic heterocycles. The second-order valence-electron chi connectivity index (χ2n) is 9.30. The summed E-state index contributed by atoms with van der Waals surface area (Å²) in [5, 5.41) is 19.0. The van der Waals surface area contributed by atoms with E-state index in [1.807, 2.05) is 0 Å². The maximum absolute atomic E-state index is 13.3. The number of hydrogen-bond acceptors (Lipinski definition) is 7. The van der Waals surface area contributed by atoms with E-state index in [-0.39, 0.29) is 42.6 Å². The van der Waals surface area contributed by atoms with Crippen LogP contribution in [0.25, 0.3) is 11.3 Å². The van der Waals surface area contributed by atoms with E-state index < -0.39 is 24.0 Å². The average Bonchev–Trinajstić information content (AvgIpc) is 3.42. The summed E-state index contributed by atoms with van der Waals surface area (Å²) in [7, 11) is 0. The van der Waals surface area contributed by atoms with Gasteiger partial charge in [0.15, 0.2) is 5.96 Å². The first-order valence-electron chi connectivity index (χ1n) is 13.0. The molecule has 14 heteroatoms. The Morgan fingerprint density at radius 1 is 1.00 bits per heavy atom. The molecule has 224 valence electrons. The Bertz CT molecular complexity index is 1430. The smallest absolute Gasteiger partial charge is 0.337 e. The van der Waals surface area contributed by atoms with Crippen molar-refractivity contribution in [3.63, 3.8) is 0 Å². The van der Waals surface area contributed by atoms with Gasteiger partial charge in [-0.15, -0.1) is 0 Å². The van der Waals surface area contributed by atoms with Crippen LogP contribution in [0.15, 0.2) is 64.0 Å². The molecule has 2 aromatic carbocycles. The number of aliphatic imine (C=N–C) groups is 1. The minimum atomic E-state index is -1.18. The molecule has 0 fully saturated rings. The molecule has 42 heavy (non-hydrogen) atoms. The van der Waals surface area contributed by atoms with Crippen LogP contribution in [0.3, 0.4) is 0 Å². The van der Waals surface area contributed by atoms with Gasteiger partial charge in [0.2, 0.25) is 11.8 Å². The topological polar surface area (TPSA) is 211 Å². The molecule has 1 aromatic heterocycles. The van der Waals surface area contributed by atoms with E-state index in [1.54, 1.807) is 42.5 Å². The van der Waals surface area contributed by atoms with Crippen LogP contribution in [0.1, 0.15) is 35.4 Å². The third kappa shape index (κ3) is 9.77. The van der Waals surface area contributed by atoms with E-state index in [0.717, 1.165) is 0 Å². The molecular weight excluding hydrogens is 585 g/mol. The molecule has 12 nitrogen and oxygen atoms in total. The van der Waals surface area contributed by atoms with Crippen LogP contribution < -0.4 is 33.2 Å². The maximum atomic E-state index is 13.3. The van der Waals surface area contributed by atoms with Crippen LogP contribution >= 0.6 is 23.2 Å². The summed E-state index contributed by atoms with van der Waals surface area (Å²) in [6.07, 6.45) is 1.06. The van der Waals surface area contributed by atoms with Crippen molar-refractivity contribution in [3.8, 4) is 11.3 Å². The Morgan fingerprint density at radius 2 is 1.76 bits per heavy atom. The Balaban J connectivity index is 1.66. The van der Waals surface area contributed by atoms with Crippen molar-refractivity contribution in [2.75, 3.05) is 18.4 Å². The van der Waals surface area contributed by atoms with Gasteiger partial charge in [-0.1, -0.05) is 35.3 Å². The van der Waals surface area contributed by atoms with Crippen LogP contribution in [-0.4, -0.2) is 54.0 Å². The molecule has 0 aliphatic carbocycles. The molecule has 0 spiro atoms. The number of anilines is 1. The van der Waals surface area contributed by atoms with E-state index in [9.17, 15) is 19.5 Å². The first-order valence-corrected chi connectivity index (χ1v) is 13.8. The quantitative estimate of drug-likeness (QED) is 0.0757. The number of hydrogen-bond donors (Lipinski definition) is 7. The molecule has 1 heterocycles. The molecule has 0 aliphatic rings. The van der Waals surface area contributed by atoms with Gasteiger partial charge in [-0.3, -0.25) is 19.9 Å². The lowest BCUT2D eigenvalue weighted by Crippen LogP contribution is -2.45.